The van der Waals surface area contributed by atoms with Gasteiger partial charge in [-0.1, -0.05) is 11.8 Å². The highest BCUT2D eigenvalue weighted by Crippen LogP contribution is 2.43. The van der Waals surface area contributed by atoms with Crippen LogP contribution >= 0.6 is 11.8 Å². The molecule has 0 saturated heterocycles. The standard InChI is InChI=1S/C24H27FN6O4S/c1-14-8-16(9-17(21(14)25)24(2)15(4-6-33-3)13-36-23(26)31-24)30-22(32)18-10-29-19(11-28-18)35-12-20-27-5-7-34-20/h5,7-11,15H,4,6,12-13H2,1-3H3,(H2,26,31)(H,30,32)/t15-,24-/m0/s1. The molecule has 190 valence electrons. The average Bonchev–Trinajstić information content (AvgIpc) is 3.38. The zero-order valence-electron chi connectivity index (χ0n) is 20.2. The fourth-order valence-electron chi connectivity index (χ4n) is 3.98. The summed E-state index contributed by atoms with van der Waals surface area (Å²) in [5.74, 6) is 0.400. The summed E-state index contributed by atoms with van der Waals surface area (Å²) >= 11 is 1.45. The number of nitrogens with zero attached hydrogens (tertiary/aromatic N) is 4. The monoisotopic (exact) mass is 514 g/mol. The minimum Gasteiger partial charge on any atom is -0.467 e. The van der Waals surface area contributed by atoms with E-state index in [2.05, 4.69) is 25.3 Å². The van der Waals surface area contributed by atoms with Gasteiger partial charge in [0, 0.05) is 30.7 Å². The van der Waals surface area contributed by atoms with Gasteiger partial charge in [0.1, 0.15) is 17.8 Å². The molecule has 3 heterocycles. The number of oxazole rings is 1. The summed E-state index contributed by atoms with van der Waals surface area (Å²) in [6.07, 6.45) is 6.26. The summed E-state index contributed by atoms with van der Waals surface area (Å²) in [7, 11) is 1.63. The Bertz CT molecular complexity index is 1240. The first-order valence-electron chi connectivity index (χ1n) is 11.2. The number of thioether (sulfide) groups is 1. The van der Waals surface area contributed by atoms with Crippen LogP contribution in [0.15, 0.2) is 46.4 Å². The van der Waals surface area contributed by atoms with Crippen LogP contribution in [0.5, 0.6) is 5.88 Å². The molecule has 0 bridgehead atoms. The molecule has 0 aliphatic carbocycles. The van der Waals surface area contributed by atoms with Crippen molar-refractivity contribution in [3.63, 3.8) is 0 Å². The minimum atomic E-state index is -0.912. The molecule has 12 heteroatoms. The van der Waals surface area contributed by atoms with Crippen LogP contribution in [0.25, 0.3) is 0 Å². The molecule has 1 aromatic carbocycles. The maximum absolute atomic E-state index is 15.4. The van der Waals surface area contributed by atoms with Crippen molar-refractivity contribution in [2.24, 2.45) is 16.6 Å². The Morgan fingerprint density at radius 1 is 1.33 bits per heavy atom. The fraction of sp³-hybridized carbons (Fsp3) is 0.375. The third kappa shape index (κ3) is 5.65. The van der Waals surface area contributed by atoms with Crippen molar-refractivity contribution in [2.45, 2.75) is 32.4 Å². The van der Waals surface area contributed by atoms with Crippen LogP contribution in [0.1, 0.15) is 40.9 Å². The Labute approximate surface area is 211 Å². The van der Waals surface area contributed by atoms with E-state index in [1.54, 1.807) is 26.2 Å². The first kappa shape index (κ1) is 25.6. The predicted molar refractivity (Wildman–Crippen MR) is 133 cm³/mol. The lowest BCUT2D eigenvalue weighted by Gasteiger charge is -2.38. The molecular formula is C24H27FN6O4S. The van der Waals surface area contributed by atoms with Crippen LogP contribution in [-0.4, -0.2) is 45.5 Å². The third-order valence-corrected chi connectivity index (χ3v) is 6.94. The Morgan fingerprint density at radius 2 is 2.17 bits per heavy atom. The topological polar surface area (TPSA) is 138 Å². The summed E-state index contributed by atoms with van der Waals surface area (Å²) < 4.78 is 31.2. The molecule has 2 atom stereocenters. The number of aromatic nitrogens is 3. The van der Waals surface area contributed by atoms with E-state index in [0.717, 1.165) is 0 Å². The van der Waals surface area contributed by atoms with Gasteiger partial charge in [-0.2, -0.15) is 0 Å². The number of carbonyl (C=O) groups is 1. The third-order valence-electron chi connectivity index (χ3n) is 5.99. The molecule has 10 nitrogen and oxygen atoms in total. The number of amides is 1. The Hall–Kier alpha value is -3.51. The lowest BCUT2D eigenvalue weighted by molar-refractivity contribution is 0.102. The van der Waals surface area contributed by atoms with Crippen LogP contribution in [0.2, 0.25) is 0 Å². The van der Waals surface area contributed by atoms with Crippen molar-refractivity contribution < 1.29 is 23.1 Å². The second kappa shape index (κ2) is 11.0. The van der Waals surface area contributed by atoms with Crippen molar-refractivity contribution in [1.29, 1.82) is 0 Å². The summed E-state index contributed by atoms with van der Waals surface area (Å²) in [6, 6.07) is 3.17. The molecule has 0 radical (unpaired) electrons. The molecule has 2 aromatic heterocycles. The fourth-order valence-corrected chi connectivity index (χ4v) is 5.10. The Kier molecular flexibility index (Phi) is 7.85. The van der Waals surface area contributed by atoms with Gasteiger partial charge in [0.2, 0.25) is 11.8 Å². The number of ether oxygens (including phenoxy) is 2. The first-order valence-corrected chi connectivity index (χ1v) is 12.2. The summed E-state index contributed by atoms with van der Waals surface area (Å²) in [4.78, 5) is 29.7. The van der Waals surface area contributed by atoms with E-state index in [0.29, 0.717) is 46.7 Å². The largest absolute Gasteiger partial charge is 0.467 e. The molecule has 4 rings (SSSR count). The molecular weight excluding hydrogens is 487 g/mol. The number of aryl methyl sites for hydroxylation is 1. The second-order valence-electron chi connectivity index (χ2n) is 8.45. The van der Waals surface area contributed by atoms with Gasteiger partial charge in [-0.25, -0.2) is 19.3 Å². The van der Waals surface area contributed by atoms with Crippen molar-refractivity contribution >= 4 is 28.5 Å². The molecule has 1 aliphatic rings. The molecule has 3 N–H and O–H groups in total. The van der Waals surface area contributed by atoms with E-state index in [-0.39, 0.29) is 29.9 Å². The molecule has 36 heavy (non-hydrogen) atoms. The number of nitrogens with two attached hydrogens (primary N) is 1. The quantitative estimate of drug-likeness (QED) is 0.438. The molecule has 1 aliphatic heterocycles. The number of rotatable bonds is 9. The molecule has 0 spiro atoms. The Morgan fingerprint density at radius 3 is 2.86 bits per heavy atom. The normalized spacial score (nSPS) is 19.6. The van der Waals surface area contributed by atoms with Crippen LogP contribution in [-0.2, 0) is 16.9 Å². The van der Waals surface area contributed by atoms with E-state index in [1.807, 2.05) is 6.92 Å². The summed E-state index contributed by atoms with van der Waals surface area (Å²) in [6.45, 7) is 4.11. The van der Waals surface area contributed by atoms with Gasteiger partial charge in [-0.15, -0.1) is 0 Å². The molecule has 0 fully saturated rings. The van der Waals surface area contributed by atoms with Crippen molar-refractivity contribution in [1.82, 2.24) is 15.0 Å². The van der Waals surface area contributed by atoms with E-state index in [9.17, 15) is 4.79 Å². The second-order valence-corrected chi connectivity index (χ2v) is 9.49. The van der Waals surface area contributed by atoms with Crippen LogP contribution in [0, 0.1) is 18.7 Å². The van der Waals surface area contributed by atoms with Crippen LogP contribution < -0.4 is 15.8 Å². The van der Waals surface area contributed by atoms with Gasteiger partial charge in [0.05, 0.1) is 24.1 Å². The van der Waals surface area contributed by atoms with E-state index >= 15 is 4.39 Å². The number of aliphatic imine (C=N–C) groups is 1. The van der Waals surface area contributed by atoms with Gasteiger partial charge in [-0.3, -0.25) is 9.79 Å². The molecule has 3 aromatic rings. The number of hydrogen-bond acceptors (Lipinski definition) is 10. The number of amidine groups is 1. The number of methoxy groups -OCH3 is 1. The zero-order valence-corrected chi connectivity index (χ0v) is 21.0. The molecule has 0 unspecified atom stereocenters. The van der Waals surface area contributed by atoms with Crippen LogP contribution in [0.4, 0.5) is 10.1 Å². The number of anilines is 1. The van der Waals surface area contributed by atoms with E-state index < -0.39 is 11.4 Å². The average molecular weight is 515 g/mol. The number of hydrogen-bond donors (Lipinski definition) is 2. The maximum Gasteiger partial charge on any atom is 0.275 e. The van der Waals surface area contributed by atoms with Crippen molar-refractivity contribution in [3.8, 4) is 5.88 Å². The van der Waals surface area contributed by atoms with Gasteiger partial charge in [-0.05, 0) is 43.9 Å². The lowest BCUT2D eigenvalue weighted by Crippen LogP contribution is -2.39. The van der Waals surface area contributed by atoms with Gasteiger partial charge >= 0.3 is 0 Å². The summed E-state index contributed by atoms with van der Waals surface area (Å²) in [5.41, 5.74) is 6.36. The molecule has 0 saturated carbocycles. The van der Waals surface area contributed by atoms with E-state index in [1.165, 1.54) is 36.6 Å². The number of carbonyl (C=O) groups excluding carboxylic acids is 1. The highest BCUT2D eigenvalue weighted by Gasteiger charge is 2.41. The van der Waals surface area contributed by atoms with E-state index in [4.69, 9.17) is 19.6 Å². The van der Waals surface area contributed by atoms with Crippen LogP contribution in [0.3, 0.4) is 0 Å². The van der Waals surface area contributed by atoms with Crippen molar-refractivity contribution in [2.75, 3.05) is 24.8 Å². The minimum absolute atomic E-state index is 0.00982. The highest BCUT2D eigenvalue weighted by atomic mass is 32.2. The smallest absolute Gasteiger partial charge is 0.275 e. The van der Waals surface area contributed by atoms with Gasteiger partial charge in [0.15, 0.2) is 11.8 Å². The number of nitrogens with one attached hydrogen (secondary N) is 1. The van der Waals surface area contributed by atoms with Gasteiger partial charge < -0.3 is 24.9 Å². The van der Waals surface area contributed by atoms with Gasteiger partial charge in [0.25, 0.3) is 5.91 Å². The number of halogens is 1. The molecule has 1 amide bonds. The number of benzene rings is 1. The van der Waals surface area contributed by atoms with Crippen molar-refractivity contribution in [3.05, 3.63) is 65.5 Å². The highest BCUT2D eigenvalue weighted by molar-refractivity contribution is 8.13. The SMILES string of the molecule is COCC[C@H]1CSC(N)=N[C@]1(C)c1cc(NC(=O)c2cnc(OCc3ncco3)cn2)cc(C)c1F. The predicted octanol–water partition coefficient (Wildman–Crippen LogP) is 3.67. The zero-order chi connectivity index (χ0) is 25.7. The lowest BCUT2D eigenvalue weighted by atomic mass is 9.78. The Balaban J connectivity index is 1.53. The summed E-state index contributed by atoms with van der Waals surface area (Å²) in [5, 5.41) is 3.18. The first-order chi connectivity index (χ1) is 17.3. The maximum atomic E-state index is 15.4.